The zero-order valence-electron chi connectivity index (χ0n) is 11.8. The van der Waals surface area contributed by atoms with Crippen molar-refractivity contribution in [1.29, 1.82) is 0 Å². The van der Waals surface area contributed by atoms with Gasteiger partial charge in [-0.2, -0.15) is 0 Å². The van der Waals surface area contributed by atoms with Crippen LogP contribution in [0.15, 0.2) is 18.2 Å². The van der Waals surface area contributed by atoms with Gasteiger partial charge in [0.05, 0.1) is 6.54 Å². The average Bonchev–Trinajstić information content (AvgIpc) is 3.12. The Kier molecular flexibility index (Phi) is 3.20. The first kappa shape index (κ1) is 12.9. The number of nitrogens with one attached hydrogen (secondary N) is 2. The van der Waals surface area contributed by atoms with Crippen LogP contribution in [0.3, 0.4) is 0 Å². The number of fused-ring (bicyclic) bond motifs is 2. The molecule has 0 aromatic heterocycles. The van der Waals surface area contributed by atoms with Gasteiger partial charge in [-0.1, -0.05) is 0 Å². The van der Waals surface area contributed by atoms with E-state index in [4.69, 9.17) is 9.47 Å². The van der Waals surface area contributed by atoms with Gasteiger partial charge in [-0.3, -0.25) is 9.69 Å². The summed E-state index contributed by atoms with van der Waals surface area (Å²) >= 11 is 0. The molecular weight excluding hydrogens is 270 g/mol. The summed E-state index contributed by atoms with van der Waals surface area (Å²) in [6.45, 7) is 4.92. The van der Waals surface area contributed by atoms with Gasteiger partial charge in [-0.05, 0) is 37.1 Å². The van der Waals surface area contributed by atoms with E-state index in [1.165, 1.54) is 0 Å². The van der Waals surface area contributed by atoms with Crippen molar-refractivity contribution in [3.8, 4) is 11.5 Å². The van der Waals surface area contributed by atoms with Crippen molar-refractivity contribution >= 4 is 11.6 Å². The van der Waals surface area contributed by atoms with Gasteiger partial charge in [0.15, 0.2) is 11.5 Å². The van der Waals surface area contributed by atoms with E-state index in [-0.39, 0.29) is 12.7 Å². The lowest BCUT2D eigenvalue weighted by molar-refractivity contribution is -0.117. The molecule has 2 N–H and O–H groups in total. The number of likely N-dealkylation sites (tertiary alicyclic amines) is 1. The minimum atomic E-state index is 0.0294. The Bertz CT molecular complexity index is 551. The molecule has 2 saturated heterocycles. The van der Waals surface area contributed by atoms with Crippen molar-refractivity contribution in [2.75, 3.05) is 44.8 Å². The lowest BCUT2D eigenvalue weighted by atomic mass is 10.0. The quantitative estimate of drug-likeness (QED) is 0.849. The van der Waals surface area contributed by atoms with Crippen LogP contribution in [-0.2, 0) is 4.79 Å². The monoisotopic (exact) mass is 289 g/mol. The Morgan fingerprint density at radius 3 is 2.81 bits per heavy atom. The fraction of sp³-hybridized carbons (Fsp3) is 0.533. The maximum absolute atomic E-state index is 12.1. The molecule has 112 valence electrons. The third-order valence-electron chi connectivity index (χ3n) is 4.49. The van der Waals surface area contributed by atoms with E-state index in [0.717, 1.165) is 37.6 Å². The van der Waals surface area contributed by atoms with Crippen LogP contribution in [0.1, 0.15) is 0 Å². The number of nitrogens with zero attached hydrogens (tertiary/aromatic N) is 1. The SMILES string of the molecule is O=C(CN1C[C@H]2CNC[C@H]2C1)Nc1ccc2c(c1)OCO2. The summed E-state index contributed by atoms with van der Waals surface area (Å²) in [5.41, 5.74) is 0.755. The third kappa shape index (κ3) is 2.56. The molecule has 1 aromatic rings. The van der Waals surface area contributed by atoms with Gasteiger partial charge in [0, 0.05) is 24.8 Å². The number of ether oxygens (including phenoxy) is 2. The fourth-order valence-electron chi connectivity index (χ4n) is 3.46. The predicted molar refractivity (Wildman–Crippen MR) is 77.5 cm³/mol. The van der Waals surface area contributed by atoms with Crippen LogP contribution in [-0.4, -0.2) is 50.3 Å². The highest BCUT2D eigenvalue weighted by molar-refractivity contribution is 5.92. The Morgan fingerprint density at radius 1 is 1.24 bits per heavy atom. The van der Waals surface area contributed by atoms with E-state index >= 15 is 0 Å². The first-order chi connectivity index (χ1) is 10.3. The second kappa shape index (κ2) is 5.20. The molecule has 21 heavy (non-hydrogen) atoms. The smallest absolute Gasteiger partial charge is 0.238 e. The fourth-order valence-corrected chi connectivity index (χ4v) is 3.46. The highest BCUT2D eigenvalue weighted by atomic mass is 16.7. The van der Waals surface area contributed by atoms with E-state index in [0.29, 0.717) is 24.1 Å². The van der Waals surface area contributed by atoms with Gasteiger partial charge in [0.1, 0.15) is 0 Å². The molecule has 1 aromatic carbocycles. The molecule has 0 saturated carbocycles. The van der Waals surface area contributed by atoms with Crippen molar-refractivity contribution in [3.05, 3.63) is 18.2 Å². The summed E-state index contributed by atoms with van der Waals surface area (Å²) in [5.74, 6) is 2.87. The molecule has 2 atom stereocenters. The number of hydrogen-bond donors (Lipinski definition) is 2. The zero-order valence-corrected chi connectivity index (χ0v) is 11.8. The van der Waals surface area contributed by atoms with Crippen LogP contribution in [0.4, 0.5) is 5.69 Å². The largest absolute Gasteiger partial charge is 0.454 e. The van der Waals surface area contributed by atoms with Crippen molar-refractivity contribution in [3.63, 3.8) is 0 Å². The standard InChI is InChI=1S/C15H19N3O3/c19-15(8-18-6-10-4-16-5-11(10)7-18)17-12-1-2-13-14(3-12)21-9-20-13/h1-3,10-11,16H,4-9H2,(H,17,19)/t10-,11+. The molecule has 3 aliphatic rings. The zero-order chi connectivity index (χ0) is 14.2. The number of hydrogen-bond acceptors (Lipinski definition) is 5. The highest BCUT2D eigenvalue weighted by Gasteiger charge is 2.36. The molecule has 6 nitrogen and oxygen atoms in total. The third-order valence-corrected chi connectivity index (χ3v) is 4.49. The molecule has 0 bridgehead atoms. The van der Waals surface area contributed by atoms with Gasteiger partial charge in [-0.25, -0.2) is 0 Å². The van der Waals surface area contributed by atoms with E-state index in [1.807, 2.05) is 18.2 Å². The number of benzene rings is 1. The topological polar surface area (TPSA) is 62.8 Å². The van der Waals surface area contributed by atoms with Crippen LogP contribution in [0.5, 0.6) is 11.5 Å². The summed E-state index contributed by atoms with van der Waals surface area (Å²) in [6, 6.07) is 5.47. The molecule has 4 rings (SSSR count). The van der Waals surface area contributed by atoms with Crippen LogP contribution in [0.2, 0.25) is 0 Å². The number of carbonyl (C=O) groups excluding carboxylic acids is 1. The van der Waals surface area contributed by atoms with Crippen LogP contribution >= 0.6 is 0 Å². The predicted octanol–water partition coefficient (Wildman–Crippen LogP) is 0.505. The maximum atomic E-state index is 12.1. The average molecular weight is 289 g/mol. The molecule has 2 fully saturated rings. The van der Waals surface area contributed by atoms with E-state index in [2.05, 4.69) is 15.5 Å². The Hall–Kier alpha value is -1.79. The minimum Gasteiger partial charge on any atom is -0.454 e. The lowest BCUT2D eigenvalue weighted by Crippen LogP contribution is -2.33. The van der Waals surface area contributed by atoms with Gasteiger partial charge >= 0.3 is 0 Å². The van der Waals surface area contributed by atoms with Gasteiger partial charge in [0.25, 0.3) is 0 Å². The lowest BCUT2D eigenvalue weighted by Gasteiger charge is -2.16. The van der Waals surface area contributed by atoms with Crippen LogP contribution < -0.4 is 20.1 Å². The molecule has 0 aliphatic carbocycles. The van der Waals surface area contributed by atoms with Crippen molar-refractivity contribution < 1.29 is 14.3 Å². The number of anilines is 1. The normalized spacial score (nSPS) is 26.9. The van der Waals surface area contributed by atoms with Crippen molar-refractivity contribution in [1.82, 2.24) is 10.2 Å². The first-order valence-corrected chi connectivity index (χ1v) is 7.40. The molecule has 0 unspecified atom stereocenters. The number of rotatable bonds is 3. The molecule has 3 heterocycles. The van der Waals surface area contributed by atoms with Crippen LogP contribution in [0.25, 0.3) is 0 Å². The first-order valence-electron chi connectivity index (χ1n) is 7.40. The van der Waals surface area contributed by atoms with E-state index < -0.39 is 0 Å². The summed E-state index contributed by atoms with van der Waals surface area (Å²) in [5, 5.41) is 6.34. The molecule has 6 heteroatoms. The van der Waals surface area contributed by atoms with Crippen LogP contribution in [0, 0.1) is 11.8 Å². The number of carbonyl (C=O) groups is 1. The molecule has 0 spiro atoms. The van der Waals surface area contributed by atoms with Gasteiger partial charge in [-0.15, -0.1) is 0 Å². The molecule has 1 amide bonds. The summed E-state index contributed by atoms with van der Waals surface area (Å²) in [6.07, 6.45) is 0. The highest BCUT2D eigenvalue weighted by Crippen LogP contribution is 2.34. The Morgan fingerprint density at radius 2 is 2.00 bits per heavy atom. The maximum Gasteiger partial charge on any atom is 0.238 e. The Balaban J connectivity index is 1.34. The molecule has 0 radical (unpaired) electrons. The summed E-state index contributed by atoms with van der Waals surface area (Å²) in [4.78, 5) is 14.4. The number of amides is 1. The minimum absolute atomic E-state index is 0.0294. The van der Waals surface area contributed by atoms with Crippen molar-refractivity contribution in [2.45, 2.75) is 0 Å². The van der Waals surface area contributed by atoms with Gasteiger partial charge < -0.3 is 20.1 Å². The molecular formula is C15H19N3O3. The summed E-state index contributed by atoms with van der Waals surface area (Å²) in [7, 11) is 0. The second-order valence-corrected chi connectivity index (χ2v) is 5.99. The van der Waals surface area contributed by atoms with Gasteiger partial charge in [0.2, 0.25) is 12.7 Å². The van der Waals surface area contributed by atoms with Crippen molar-refractivity contribution in [2.24, 2.45) is 11.8 Å². The summed E-state index contributed by atoms with van der Waals surface area (Å²) < 4.78 is 10.6. The Labute approximate surface area is 123 Å². The van der Waals surface area contributed by atoms with E-state index in [9.17, 15) is 4.79 Å². The second-order valence-electron chi connectivity index (χ2n) is 5.99. The van der Waals surface area contributed by atoms with E-state index in [1.54, 1.807) is 0 Å². The molecule has 3 aliphatic heterocycles.